The Bertz CT molecular complexity index is 1200. The highest BCUT2D eigenvalue weighted by molar-refractivity contribution is 6.30. The fraction of sp³-hybridized carbons (Fsp3) is 0.296. The van der Waals surface area contributed by atoms with Crippen LogP contribution in [0, 0.1) is 19.8 Å². The highest BCUT2D eigenvalue weighted by Gasteiger charge is 2.43. The van der Waals surface area contributed by atoms with Gasteiger partial charge in [-0.15, -0.1) is 0 Å². The quantitative estimate of drug-likeness (QED) is 0.450. The van der Waals surface area contributed by atoms with Crippen molar-refractivity contribution in [3.05, 3.63) is 82.4 Å². The van der Waals surface area contributed by atoms with E-state index in [0.717, 1.165) is 33.4 Å². The van der Waals surface area contributed by atoms with E-state index in [4.69, 9.17) is 11.6 Å². The normalized spacial score (nSPS) is 18.0. The van der Waals surface area contributed by atoms with Crippen LogP contribution in [-0.4, -0.2) is 27.3 Å². The van der Waals surface area contributed by atoms with E-state index in [9.17, 15) is 14.4 Å². The molecule has 1 aliphatic carbocycles. The first-order valence-electron chi connectivity index (χ1n) is 11.0. The van der Waals surface area contributed by atoms with Crippen LogP contribution >= 0.6 is 11.6 Å². The van der Waals surface area contributed by atoms with Crippen LogP contribution in [0.3, 0.4) is 0 Å². The number of rotatable bonds is 7. The van der Waals surface area contributed by atoms with E-state index in [0.29, 0.717) is 17.9 Å². The first-order chi connectivity index (χ1) is 15.8. The van der Waals surface area contributed by atoms with Gasteiger partial charge in [-0.25, -0.2) is 9.97 Å². The Hall–Kier alpha value is -3.18. The second-order valence-corrected chi connectivity index (χ2v) is 9.16. The molecular weight excluding hydrogens is 436 g/mol. The molecule has 0 radical (unpaired) electrons. The molecule has 33 heavy (non-hydrogen) atoms. The zero-order chi connectivity index (χ0) is 23.5. The highest BCUT2D eigenvalue weighted by Crippen LogP contribution is 2.38. The first-order valence-corrected chi connectivity index (χ1v) is 11.4. The van der Waals surface area contributed by atoms with Gasteiger partial charge in [0.2, 0.25) is 0 Å². The molecule has 1 fully saturated rings. The molecule has 0 aliphatic heterocycles. The van der Waals surface area contributed by atoms with Gasteiger partial charge in [0.05, 0.1) is 0 Å². The van der Waals surface area contributed by atoms with Crippen molar-refractivity contribution in [2.75, 3.05) is 0 Å². The molecule has 1 heterocycles. The molecule has 1 saturated carbocycles. The van der Waals surface area contributed by atoms with Gasteiger partial charge < -0.3 is 0 Å². The maximum atomic E-state index is 13.2. The van der Waals surface area contributed by atoms with Gasteiger partial charge in [-0.1, -0.05) is 35.9 Å². The van der Waals surface area contributed by atoms with Crippen LogP contribution in [0.15, 0.2) is 55.1 Å². The Morgan fingerprint density at radius 2 is 1.73 bits per heavy atom. The minimum Gasteiger partial charge on any atom is -0.300 e. The Kier molecular flexibility index (Phi) is 6.80. The summed E-state index contributed by atoms with van der Waals surface area (Å²) >= 11 is 6.00. The molecule has 0 amide bonds. The van der Waals surface area contributed by atoms with E-state index >= 15 is 0 Å². The minimum atomic E-state index is -0.795. The number of halogens is 1. The molecule has 2 unspecified atom stereocenters. The van der Waals surface area contributed by atoms with Crippen LogP contribution in [0.5, 0.6) is 0 Å². The molecule has 4 rings (SSSR count). The number of hydrogen-bond acceptors (Lipinski definition) is 5. The van der Waals surface area contributed by atoms with E-state index in [1.807, 2.05) is 44.2 Å². The van der Waals surface area contributed by atoms with Gasteiger partial charge in [-0.2, -0.15) is 0 Å². The van der Waals surface area contributed by atoms with Crippen LogP contribution in [0.1, 0.15) is 47.4 Å². The van der Waals surface area contributed by atoms with Gasteiger partial charge in [0, 0.05) is 48.2 Å². The van der Waals surface area contributed by atoms with Crippen LogP contribution in [0.4, 0.5) is 0 Å². The predicted octanol–water partition coefficient (Wildman–Crippen LogP) is 5.25. The molecule has 3 aromatic rings. The molecule has 0 saturated heterocycles. The van der Waals surface area contributed by atoms with E-state index < -0.39 is 11.8 Å². The van der Waals surface area contributed by atoms with Crippen molar-refractivity contribution in [2.24, 2.45) is 5.92 Å². The van der Waals surface area contributed by atoms with E-state index in [1.165, 1.54) is 6.33 Å². The Morgan fingerprint density at radius 1 is 1.03 bits per heavy atom. The van der Waals surface area contributed by atoms with Crippen molar-refractivity contribution < 1.29 is 14.4 Å². The molecule has 0 bridgehead atoms. The predicted molar refractivity (Wildman–Crippen MR) is 127 cm³/mol. The summed E-state index contributed by atoms with van der Waals surface area (Å²) < 4.78 is 0. The number of ketones is 3. The van der Waals surface area contributed by atoms with Crippen molar-refractivity contribution in [1.29, 1.82) is 0 Å². The summed E-state index contributed by atoms with van der Waals surface area (Å²) in [6.45, 7) is 3.83. The lowest BCUT2D eigenvalue weighted by Crippen LogP contribution is -2.19. The number of hydrogen-bond donors (Lipinski definition) is 0. The lowest BCUT2D eigenvalue weighted by atomic mass is 9.85. The Morgan fingerprint density at radius 3 is 2.39 bits per heavy atom. The third-order valence-electron chi connectivity index (χ3n) is 6.29. The number of Topliss-reactive ketones (excluding diaryl/α,β-unsaturated/α-hetero) is 3. The third kappa shape index (κ3) is 5.09. The van der Waals surface area contributed by atoms with Crippen LogP contribution < -0.4 is 0 Å². The second-order valence-electron chi connectivity index (χ2n) is 8.73. The topological polar surface area (TPSA) is 77.0 Å². The maximum absolute atomic E-state index is 13.2. The van der Waals surface area contributed by atoms with Gasteiger partial charge in [-0.3, -0.25) is 14.4 Å². The smallest absolute Gasteiger partial charge is 0.151 e. The molecule has 2 atom stereocenters. The van der Waals surface area contributed by atoms with Gasteiger partial charge in [0.15, 0.2) is 5.78 Å². The summed E-state index contributed by atoms with van der Waals surface area (Å²) in [5.74, 6) is -1.59. The highest BCUT2D eigenvalue weighted by atomic mass is 35.5. The number of aromatic nitrogens is 2. The van der Waals surface area contributed by atoms with Crippen LogP contribution in [0.2, 0.25) is 5.02 Å². The number of aryl methyl sites for hydroxylation is 3. The lowest BCUT2D eigenvalue weighted by Gasteiger charge is -2.17. The van der Waals surface area contributed by atoms with E-state index in [2.05, 4.69) is 9.97 Å². The monoisotopic (exact) mass is 460 g/mol. The van der Waals surface area contributed by atoms with E-state index in [-0.39, 0.29) is 30.2 Å². The fourth-order valence-electron chi connectivity index (χ4n) is 4.73. The zero-order valence-corrected chi connectivity index (χ0v) is 19.4. The maximum Gasteiger partial charge on any atom is 0.151 e. The van der Waals surface area contributed by atoms with Crippen molar-refractivity contribution >= 4 is 29.0 Å². The van der Waals surface area contributed by atoms with Crippen LogP contribution in [-0.2, 0) is 20.8 Å². The standard InChI is InChI=1S/C27H25ClN2O3/c1-16-8-19(21-13-29-15-30-14-21)9-17(2)25(16)26-24(32)12-20(27(26)33)11-23(31)7-6-18-4-3-5-22(28)10-18/h3-5,8-10,13-15,20,26H,6-7,11-12H2,1-2H3. The SMILES string of the molecule is Cc1cc(-c2cncnc2)cc(C)c1C1C(=O)CC(CC(=O)CCc2cccc(Cl)c2)C1=O. The van der Waals surface area contributed by atoms with Gasteiger partial charge in [0.25, 0.3) is 0 Å². The van der Waals surface area contributed by atoms with Crippen molar-refractivity contribution in [3.8, 4) is 11.1 Å². The number of carbonyl (C=O) groups is 3. The lowest BCUT2D eigenvalue weighted by molar-refractivity contribution is -0.127. The molecular formula is C27H25ClN2O3. The Labute approximate surface area is 198 Å². The van der Waals surface area contributed by atoms with Crippen molar-refractivity contribution in [2.45, 2.75) is 45.4 Å². The minimum absolute atomic E-state index is 0.00496. The van der Waals surface area contributed by atoms with Crippen molar-refractivity contribution in [1.82, 2.24) is 9.97 Å². The molecule has 168 valence electrons. The second kappa shape index (κ2) is 9.75. The summed E-state index contributed by atoms with van der Waals surface area (Å²) in [6.07, 6.45) is 6.08. The van der Waals surface area contributed by atoms with Gasteiger partial charge >= 0.3 is 0 Å². The summed E-state index contributed by atoms with van der Waals surface area (Å²) in [6, 6.07) is 11.3. The fourth-order valence-corrected chi connectivity index (χ4v) is 4.94. The molecule has 5 nitrogen and oxygen atoms in total. The van der Waals surface area contributed by atoms with E-state index in [1.54, 1.807) is 18.5 Å². The molecule has 6 heteroatoms. The summed E-state index contributed by atoms with van der Waals surface area (Å²) in [7, 11) is 0. The number of benzene rings is 2. The summed E-state index contributed by atoms with van der Waals surface area (Å²) in [4.78, 5) is 46.8. The third-order valence-corrected chi connectivity index (χ3v) is 6.52. The zero-order valence-electron chi connectivity index (χ0n) is 18.7. The molecule has 1 aliphatic rings. The Balaban J connectivity index is 1.47. The average Bonchev–Trinajstić information content (AvgIpc) is 3.05. The largest absolute Gasteiger partial charge is 0.300 e. The first kappa shape index (κ1) is 23.0. The van der Waals surface area contributed by atoms with Gasteiger partial charge in [0.1, 0.15) is 23.8 Å². The molecule has 1 aromatic heterocycles. The summed E-state index contributed by atoms with van der Waals surface area (Å²) in [5.41, 5.74) is 5.33. The molecule has 0 N–H and O–H groups in total. The molecule has 2 aromatic carbocycles. The number of carbonyl (C=O) groups excluding carboxylic acids is 3. The average molecular weight is 461 g/mol. The van der Waals surface area contributed by atoms with Crippen LogP contribution in [0.25, 0.3) is 11.1 Å². The number of nitrogens with zero attached hydrogens (tertiary/aromatic N) is 2. The van der Waals surface area contributed by atoms with Crippen molar-refractivity contribution in [3.63, 3.8) is 0 Å². The molecule has 0 spiro atoms. The van der Waals surface area contributed by atoms with Gasteiger partial charge in [-0.05, 0) is 60.2 Å². The summed E-state index contributed by atoms with van der Waals surface area (Å²) in [5, 5.41) is 0.635.